The zero-order valence-corrected chi connectivity index (χ0v) is 11.9. The molecule has 0 fully saturated rings. The van der Waals surface area contributed by atoms with Crippen molar-refractivity contribution in [1.82, 2.24) is 5.32 Å². The Balaban J connectivity index is 1.90. The number of carbonyl (C=O) groups is 1. The first-order chi connectivity index (χ1) is 10.2. The Hall–Kier alpha value is -2.20. The van der Waals surface area contributed by atoms with Crippen molar-refractivity contribution in [3.8, 4) is 0 Å². The molecule has 3 nitrogen and oxygen atoms in total. The highest BCUT2D eigenvalue weighted by molar-refractivity contribution is 5.90. The average Bonchev–Trinajstić information content (AvgIpc) is 2.52. The van der Waals surface area contributed by atoms with Crippen LogP contribution in [0, 0.1) is 5.82 Å². The summed E-state index contributed by atoms with van der Waals surface area (Å²) in [7, 11) is 1.37. The third kappa shape index (κ3) is 4.13. The molecule has 2 rings (SSSR count). The number of ether oxygens (including phenoxy) is 1. The van der Waals surface area contributed by atoms with Crippen molar-refractivity contribution >= 4 is 5.97 Å². The molecule has 0 bridgehead atoms. The predicted octanol–water partition coefficient (Wildman–Crippen LogP) is 2.94. The van der Waals surface area contributed by atoms with Crippen LogP contribution in [0.2, 0.25) is 0 Å². The highest BCUT2D eigenvalue weighted by Gasteiger charge is 2.10. The quantitative estimate of drug-likeness (QED) is 0.656. The molecule has 110 valence electrons. The van der Waals surface area contributed by atoms with Crippen LogP contribution in [0.1, 0.15) is 21.5 Å². The fourth-order valence-electron chi connectivity index (χ4n) is 2.13. The van der Waals surface area contributed by atoms with Crippen LogP contribution in [0.5, 0.6) is 0 Å². The Bertz CT molecular complexity index is 613. The lowest BCUT2D eigenvalue weighted by atomic mass is 10.1. The molecule has 2 aromatic rings. The second-order valence-electron chi connectivity index (χ2n) is 4.67. The summed E-state index contributed by atoms with van der Waals surface area (Å²) in [4.78, 5) is 11.6. The Morgan fingerprint density at radius 1 is 1.10 bits per heavy atom. The average molecular weight is 287 g/mol. The topological polar surface area (TPSA) is 38.3 Å². The first-order valence-electron chi connectivity index (χ1n) is 6.82. The molecule has 2 aromatic carbocycles. The number of hydrogen-bond acceptors (Lipinski definition) is 3. The summed E-state index contributed by atoms with van der Waals surface area (Å²) in [6, 6.07) is 14.0. The smallest absolute Gasteiger partial charge is 0.338 e. The maximum absolute atomic E-state index is 13.5. The molecule has 0 saturated heterocycles. The zero-order chi connectivity index (χ0) is 15.1. The lowest BCUT2D eigenvalue weighted by Gasteiger charge is -2.09. The van der Waals surface area contributed by atoms with Gasteiger partial charge in [0.05, 0.1) is 12.7 Å². The first-order valence-corrected chi connectivity index (χ1v) is 6.82. The Morgan fingerprint density at radius 3 is 2.48 bits per heavy atom. The van der Waals surface area contributed by atoms with E-state index in [1.807, 2.05) is 18.2 Å². The molecule has 1 N–H and O–H groups in total. The van der Waals surface area contributed by atoms with Gasteiger partial charge in [-0.3, -0.25) is 0 Å². The fourth-order valence-corrected chi connectivity index (χ4v) is 2.13. The van der Waals surface area contributed by atoms with E-state index in [0.717, 1.165) is 5.56 Å². The molecule has 21 heavy (non-hydrogen) atoms. The van der Waals surface area contributed by atoms with E-state index in [1.165, 1.54) is 13.2 Å². The van der Waals surface area contributed by atoms with Crippen LogP contribution in [0.25, 0.3) is 0 Å². The van der Waals surface area contributed by atoms with Gasteiger partial charge in [0.2, 0.25) is 0 Å². The predicted molar refractivity (Wildman–Crippen MR) is 79.6 cm³/mol. The summed E-state index contributed by atoms with van der Waals surface area (Å²) in [5.74, 6) is -0.532. The minimum atomic E-state index is -0.346. The minimum Gasteiger partial charge on any atom is -0.465 e. The van der Waals surface area contributed by atoms with Crippen LogP contribution in [-0.4, -0.2) is 19.6 Å². The molecule has 0 atom stereocenters. The van der Waals surface area contributed by atoms with Gasteiger partial charge >= 0.3 is 5.97 Å². The molecule has 0 spiro atoms. The van der Waals surface area contributed by atoms with Gasteiger partial charge in [-0.25, -0.2) is 9.18 Å². The molecule has 0 aromatic heterocycles. The van der Waals surface area contributed by atoms with Gasteiger partial charge in [0.1, 0.15) is 5.82 Å². The molecule has 0 radical (unpaired) electrons. The SMILES string of the molecule is COC(=O)c1ccccc1CNCCc1ccccc1F. The summed E-state index contributed by atoms with van der Waals surface area (Å²) in [6.45, 7) is 1.18. The van der Waals surface area contributed by atoms with E-state index < -0.39 is 0 Å². The number of rotatable bonds is 6. The normalized spacial score (nSPS) is 10.4. The third-order valence-electron chi connectivity index (χ3n) is 3.27. The number of esters is 1. The van der Waals surface area contributed by atoms with E-state index in [4.69, 9.17) is 4.74 Å². The second kappa shape index (κ2) is 7.55. The Kier molecular flexibility index (Phi) is 5.46. The molecule has 0 unspecified atom stereocenters. The van der Waals surface area contributed by atoms with E-state index in [9.17, 15) is 9.18 Å². The van der Waals surface area contributed by atoms with Crippen molar-refractivity contribution in [2.75, 3.05) is 13.7 Å². The summed E-state index contributed by atoms with van der Waals surface area (Å²) < 4.78 is 18.2. The molecule has 0 heterocycles. The summed E-state index contributed by atoms with van der Waals surface area (Å²) in [5, 5.41) is 3.22. The van der Waals surface area contributed by atoms with Crippen LogP contribution < -0.4 is 5.32 Å². The lowest BCUT2D eigenvalue weighted by molar-refractivity contribution is 0.0599. The van der Waals surface area contributed by atoms with Crippen molar-refractivity contribution in [2.24, 2.45) is 0 Å². The number of benzene rings is 2. The van der Waals surface area contributed by atoms with Gasteiger partial charge in [-0.15, -0.1) is 0 Å². The monoisotopic (exact) mass is 287 g/mol. The maximum atomic E-state index is 13.5. The largest absolute Gasteiger partial charge is 0.465 e. The first kappa shape index (κ1) is 15.2. The van der Waals surface area contributed by atoms with E-state index in [2.05, 4.69) is 5.32 Å². The molecule has 0 amide bonds. The van der Waals surface area contributed by atoms with E-state index in [-0.39, 0.29) is 11.8 Å². The van der Waals surface area contributed by atoms with Crippen molar-refractivity contribution in [1.29, 1.82) is 0 Å². The Labute approximate surface area is 123 Å². The van der Waals surface area contributed by atoms with Gasteiger partial charge in [0.15, 0.2) is 0 Å². The fraction of sp³-hybridized carbons (Fsp3) is 0.235. The molecule has 0 aliphatic carbocycles. The summed E-state index contributed by atoms with van der Waals surface area (Å²) in [5.41, 5.74) is 2.11. The number of hydrogen-bond donors (Lipinski definition) is 1. The van der Waals surface area contributed by atoms with Gasteiger partial charge < -0.3 is 10.1 Å². The molecular weight excluding hydrogens is 269 g/mol. The van der Waals surface area contributed by atoms with Crippen LogP contribution in [0.3, 0.4) is 0 Å². The van der Waals surface area contributed by atoms with Gasteiger partial charge in [-0.05, 0) is 36.2 Å². The Morgan fingerprint density at radius 2 is 1.76 bits per heavy atom. The van der Waals surface area contributed by atoms with Crippen molar-refractivity contribution < 1.29 is 13.9 Å². The van der Waals surface area contributed by atoms with Crippen LogP contribution in [-0.2, 0) is 17.7 Å². The van der Waals surface area contributed by atoms with Gasteiger partial charge in [-0.1, -0.05) is 36.4 Å². The number of halogens is 1. The van der Waals surface area contributed by atoms with Crippen LogP contribution in [0.4, 0.5) is 4.39 Å². The van der Waals surface area contributed by atoms with Gasteiger partial charge in [0.25, 0.3) is 0 Å². The standard InChI is InChI=1S/C17H18FNO2/c1-21-17(20)15-8-4-2-7-14(15)12-19-11-10-13-6-3-5-9-16(13)18/h2-9,19H,10-12H2,1H3. The second-order valence-corrected chi connectivity index (χ2v) is 4.67. The zero-order valence-electron chi connectivity index (χ0n) is 11.9. The number of carbonyl (C=O) groups excluding carboxylic acids is 1. The highest BCUT2D eigenvalue weighted by atomic mass is 19.1. The number of nitrogens with one attached hydrogen (secondary N) is 1. The van der Waals surface area contributed by atoms with Crippen molar-refractivity contribution in [3.05, 3.63) is 71.0 Å². The lowest BCUT2D eigenvalue weighted by Crippen LogP contribution is -2.19. The van der Waals surface area contributed by atoms with Crippen molar-refractivity contribution in [3.63, 3.8) is 0 Å². The van der Waals surface area contributed by atoms with Crippen molar-refractivity contribution in [2.45, 2.75) is 13.0 Å². The molecule has 4 heteroatoms. The van der Waals surface area contributed by atoms with E-state index >= 15 is 0 Å². The third-order valence-corrected chi connectivity index (χ3v) is 3.27. The maximum Gasteiger partial charge on any atom is 0.338 e. The minimum absolute atomic E-state index is 0.186. The van der Waals surface area contributed by atoms with Crippen LogP contribution in [0.15, 0.2) is 48.5 Å². The molecule has 0 aliphatic rings. The summed E-state index contributed by atoms with van der Waals surface area (Å²) >= 11 is 0. The highest BCUT2D eigenvalue weighted by Crippen LogP contribution is 2.10. The van der Waals surface area contributed by atoms with Gasteiger partial charge in [0, 0.05) is 6.54 Å². The molecule has 0 saturated carbocycles. The summed E-state index contributed by atoms with van der Waals surface area (Å²) in [6.07, 6.45) is 0.604. The molecular formula is C17H18FNO2. The van der Waals surface area contributed by atoms with E-state index in [0.29, 0.717) is 30.6 Å². The van der Waals surface area contributed by atoms with E-state index in [1.54, 1.807) is 24.3 Å². The number of methoxy groups -OCH3 is 1. The molecule has 0 aliphatic heterocycles. The van der Waals surface area contributed by atoms with Gasteiger partial charge in [-0.2, -0.15) is 0 Å². The van der Waals surface area contributed by atoms with Crippen LogP contribution >= 0.6 is 0 Å².